The standard InChI is InChI=1S/C16H18BrNO5/c1-2-8-22-16(21)18-13(14(19)10-17)9-15(20)23-11-12-6-4-3-5-7-12/h2-7,13H,1,8-11H2,(H,18,21). The maximum absolute atomic E-state index is 11.8. The number of esters is 1. The van der Waals surface area contributed by atoms with E-state index in [0.717, 1.165) is 5.56 Å². The molecule has 0 aromatic heterocycles. The lowest BCUT2D eigenvalue weighted by atomic mass is 10.1. The van der Waals surface area contributed by atoms with Gasteiger partial charge in [-0.25, -0.2) is 4.79 Å². The van der Waals surface area contributed by atoms with Crippen LogP contribution in [0.25, 0.3) is 0 Å². The molecule has 1 aromatic carbocycles. The first-order valence-corrected chi connectivity index (χ1v) is 8.01. The van der Waals surface area contributed by atoms with Gasteiger partial charge in [-0.15, -0.1) is 0 Å². The van der Waals surface area contributed by atoms with Gasteiger partial charge >= 0.3 is 12.1 Å². The summed E-state index contributed by atoms with van der Waals surface area (Å²) in [7, 11) is 0. The fraction of sp³-hybridized carbons (Fsp3) is 0.312. The molecule has 0 spiro atoms. The fourth-order valence-electron chi connectivity index (χ4n) is 1.62. The molecule has 0 aliphatic carbocycles. The number of Topliss-reactive ketones (excluding diaryl/α,β-unsaturated/α-hetero) is 1. The van der Waals surface area contributed by atoms with Crippen LogP contribution >= 0.6 is 15.9 Å². The van der Waals surface area contributed by atoms with Crippen LogP contribution in [0.4, 0.5) is 4.79 Å². The minimum absolute atomic E-state index is 0.00533. The SMILES string of the molecule is C=CCOC(=O)NC(CC(=O)OCc1ccccc1)C(=O)CBr. The molecule has 0 aliphatic rings. The second kappa shape index (κ2) is 10.6. The topological polar surface area (TPSA) is 81.7 Å². The van der Waals surface area contributed by atoms with Crippen LogP contribution in [0, 0.1) is 0 Å². The van der Waals surface area contributed by atoms with Crippen molar-refractivity contribution >= 4 is 33.8 Å². The number of alkyl halides is 1. The first kappa shape index (κ1) is 18.9. The van der Waals surface area contributed by atoms with E-state index in [1.807, 2.05) is 30.3 Å². The van der Waals surface area contributed by atoms with Gasteiger partial charge in [0.25, 0.3) is 0 Å². The van der Waals surface area contributed by atoms with Crippen molar-refractivity contribution in [3.8, 4) is 0 Å². The zero-order valence-electron chi connectivity index (χ0n) is 12.5. The number of carbonyl (C=O) groups is 3. The highest BCUT2D eigenvalue weighted by Crippen LogP contribution is 2.05. The van der Waals surface area contributed by atoms with E-state index in [1.165, 1.54) is 6.08 Å². The number of ketones is 1. The Labute approximate surface area is 143 Å². The summed E-state index contributed by atoms with van der Waals surface area (Å²) in [6.45, 7) is 3.53. The average molecular weight is 384 g/mol. The number of hydrogen-bond donors (Lipinski definition) is 1. The van der Waals surface area contributed by atoms with E-state index in [4.69, 9.17) is 9.47 Å². The van der Waals surface area contributed by atoms with E-state index in [1.54, 1.807) is 0 Å². The van der Waals surface area contributed by atoms with Crippen molar-refractivity contribution in [3.05, 3.63) is 48.6 Å². The Hall–Kier alpha value is -2.15. The molecule has 0 bridgehead atoms. The molecule has 0 saturated heterocycles. The summed E-state index contributed by atoms with van der Waals surface area (Å²) in [6.07, 6.45) is 0.343. The van der Waals surface area contributed by atoms with E-state index in [2.05, 4.69) is 27.8 Å². The lowest BCUT2D eigenvalue weighted by Crippen LogP contribution is -2.43. The van der Waals surface area contributed by atoms with Crippen molar-refractivity contribution in [3.63, 3.8) is 0 Å². The number of ether oxygens (including phenoxy) is 2. The van der Waals surface area contributed by atoms with Gasteiger partial charge in [0.15, 0.2) is 5.78 Å². The lowest BCUT2D eigenvalue weighted by molar-refractivity contribution is -0.146. The maximum Gasteiger partial charge on any atom is 0.408 e. The third-order valence-corrected chi connectivity index (χ3v) is 3.31. The Morgan fingerprint density at radius 1 is 1.22 bits per heavy atom. The summed E-state index contributed by atoms with van der Waals surface area (Å²) in [5.74, 6) is -0.936. The molecule has 0 saturated carbocycles. The van der Waals surface area contributed by atoms with Crippen molar-refractivity contribution in [2.45, 2.75) is 19.1 Å². The Balaban J connectivity index is 2.51. The molecule has 0 aliphatic heterocycles. The number of hydrogen-bond acceptors (Lipinski definition) is 5. The van der Waals surface area contributed by atoms with E-state index in [0.29, 0.717) is 0 Å². The molecular formula is C16H18BrNO5. The van der Waals surface area contributed by atoms with Crippen LogP contribution in [-0.4, -0.2) is 35.8 Å². The van der Waals surface area contributed by atoms with Crippen molar-refractivity contribution in [1.29, 1.82) is 0 Å². The van der Waals surface area contributed by atoms with Gasteiger partial charge in [0, 0.05) is 0 Å². The Morgan fingerprint density at radius 3 is 2.52 bits per heavy atom. The van der Waals surface area contributed by atoms with Gasteiger partial charge in [0.1, 0.15) is 19.3 Å². The van der Waals surface area contributed by atoms with Crippen LogP contribution in [0.15, 0.2) is 43.0 Å². The average Bonchev–Trinajstić information content (AvgIpc) is 2.57. The largest absolute Gasteiger partial charge is 0.461 e. The van der Waals surface area contributed by atoms with Gasteiger partial charge in [0.2, 0.25) is 0 Å². The molecule has 0 heterocycles. The van der Waals surface area contributed by atoms with E-state index in [-0.39, 0.29) is 30.7 Å². The fourth-order valence-corrected chi connectivity index (χ4v) is 2.01. The minimum Gasteiger partial charge on any atom is -0.461 e. The van der Waals surface area contributed by atoms with E-state index < -0.39 is 18.1 Å². The molecule has 1 rings (SSSR count). The molecule has 1 atom stereocenters. The Bertz CT molecular complexity index is 547. The van der Waals surface area contributed by atoms with E-state index >= 15 is 0 Å². The van der Waals surface area contributed by atoms with Crippen LogP contribution in [0.5, 0.6) is 0 Å². The molecule has 6 nitrogen and oxygen atoms in total. The molecule has 1 N–H and O–H groups in total. The molecule has 7 heteroatoms. The van der Waals surface area contributed by atoms with Gasteiger partial charge in [-0.05, 0) is 5.56 Å². The normalized spacial score (nSPS) is 11.2. The smallest absolute Gasteiger partial charge is 0.408 e. The van der Waals surface area contributed by atoms with Gasteiger partial charge in [0.05, 0.1) is 11.8 Å². The van der Waals surface area contributed by atoms with Crippen LogP contribution in [0.3, 0.4) is 0 Å². The van der Waals surface area contributed by atoms with E-state index in [9.17, 15) is 14.4 Å². The molecule has 124 valence electrons. The molecule has 1 aromatic rings. The number of alkyl carbamates (subject to hydrolysis) is 1. The predicted octanol–water partition coefficient (Wildman–Crippen LogP) is 2.36. The van der Waals surface area contributed by atoms with Crippen LogP contribution in [-0.2, 0) is 25.7 Å². The molecule has 0 fully saturated rings. The third-order valence-electron chi connectivity index (χ3n) is 2.76. The van der Waals surface area contributed by atoms with Gasteiger partial charge in [-0.3, -0.25) is 9.59 Å². The summed E-state index contributed by atoms with van der Waals surface area (Å²) < 4.78 is 9.84. The molecule has 0 radical (unpaired) electrons. The van der Waals surface area contributed by atoms with Crippen LogP contribution < -0.4 is 5.32 Å². The second-order valence-corrected chi connectivity index (χ2v) is 5.10. The lowest BCUT2D eigenvalue weighted by Gasteiger charge is -2.15. The first-order valence-electron chi connectivity index (χ1n) is 6.89. The van der Waals surface area contributed by atoms with Gasteiger partial charge in [-0.1, -0.05) is 58.9 Å². The summed E-state index contributed by atoms with van der Waals surface area (Å²) in [6, 6.07) is 8.15. The minimum atomic E-state index is -1.00. The zero-order chi connectivity index (χ0) is 17.1. The van der Waals surface area contributed by atoms with Crippen molar-refractivity contribution < 1.29 is 23.9 Å². The monoisotopic (exact) mass is 383 g/mol. The molecule has 23 heavy (non-hydrogen) atoms. The summed E-state index contributed by atoms with van der Waals surface area (Å²) in [5, 5.41) is 2.35. The van der Waals surface area contributed by atoms with Crippen molar-refractivity contribution in [1.82, 2.24) is 5.32 Å². The third kappa shape index (κ3) is 7.60. The number of rotatable bonds is 9. The summed E-state index contributed by atoms with van der Waals surface area (Å²) >= 11 is 3.01. The Kier molecular flexibility index (Phi) is 8.67. The quantitative estimate of drug-likeness (QED) is 0.402. The highest BCUT2D eigenvalue weighted by molar-refractivity contribution is 9.09. The number of nitrogens with one attached hydrogen (secondary N) is 1. The number of carbonyl (C=O) groups excluding carboxylic acids is 3. The molecule has 1 unspecified atom stereocenters. The number of amides is 1. The highest BCUT2D eigenvalue weighted by atomic mass is 79.9. The first-order chi connectivity index (χ1) is 11.1. The second-order valence-electron chi connectivity index (χ2n) is 4.53. The summed E-state index contributed by atoms with van der Waals surface area (Å²) in [5.41, 5.74) is 0.836. The maximum atomic E-state index is 11.8. The Morgan fingerprint density at radius 2 is 1.91 bits per heavy atom. The van der Waals surface area contributed by atoms with Gasteiger partial charge < -0.3 is 14.8 Å². The van der Waals surface area contributed by atoms with Gasteiger partial charge in [-0.2, -0.15) is 0 Å². The summed E-state index contributed by atoms with van der Waals surface area (Å²) in [4.78, 5) is 35.1. The predicted molar refractivity (Wildman–Crippen MR) is 88.1 cm³/mol. The molecular weight excluding hydrogens is 366 g/mol. The van der Waals surface area contributed by atoms with Crippen molar-refractivity contribution in [2.75, 3.05) is 11.9 Å². The number of benzene rings is 1. The highest BCUT2D eigenvalue weighted by Gasteiger charge is 2.24. The number of halogens is 1. The van der Waals surface area contributed by atoms with Crippen molar-refractivity contribution in [2.24, 2.45) is 0 Å². The van der Waals surface area contributed by atoms with Crippen LogP contribution in [0.2, 0.25) is 0 Å². The van der Waals surface area contributed by atoms with Crippen LogP contribution in [0.1, 0.15) is 12.0 Å². The zero-order valence-corrected chi connectivity index (χ0v) is 14.1. The molecule has 1 amide bonds.